The Bertz CT molecular complexity index is 292. The third-order valence-corrected chi connectivity index (χ3v) is 3.61. The van der Waals surface area contributed by atoms with Crippen LogP contribution in [0, 0.1) is 5.92 Å². The van der Waals surface area contributed by atoms with Crippen molar-refractivity contribution < 1.29 is 14.7 Å². The van der Waals surface area contributed by atoms with Crippen LogP contribution in [-0.4, -0.2) is 40.5 Å². The molecule has 0 radical (unpaired) electrons. The molecule has 5 nitrogen and oxygen atoms in total. The quantitative estimate of drug-likeness (QED) is 0.676. The number of carbonyl (C=O) groups is 2. The van der Waals surface area contributed by atoms with Crippen molar-refractivity contribution in [1.29, 1.82) is 0 Å². The van der Waals surface area contributed by atoms with E-state index >= 15 is 0 Å². The monoisotopic (exact) mass is 212 g/mol. The number of nitrogens with two attached hydrogens (primary N) is 1. The van der Waals surface area contributed by atoms with Crippen molar-refractivity contribution in [2.45, 2.75) is 37.8 Å². The van der Waals surface area contributed by atoms with Crippen LogP contribution >= 0.6 is 0 Å². The average molecular weight is 212 g/mol. The molecule has 3 atom stereocenters. The van der Waals surface area contributed by atoms with Gasteiger partial charge in [0.05, 0.1) is 5.92 Å². The molecule has 1 amide bonds. The Morgan fingerprint density at radius 3 is 2.67 bits per heavy atom. The first-order chi connectivity index (χ1) is 7.09. The molecule has 2 bridgehead atoms. The Balaban J connectivity index is 1.97. The van der Waals surface area contributed by atoms with Gasteiger partial charge in [-0.25, -0.2) is 0 Å². The Morgan fingerprint density at radius 1 is 1.40 bits per heavy atom. The molecule has 2 heterocycles. The van der Waals surface area contributed by atoms with E-state index in [-0.39, 0.29) is 17.9 Å². The van der Waals surface area contributed by atoms with Crippen LogP contribution in [0.15, 0.2) is 0 Å². The second-order valence-electron chi connectivity index (χ2n) is 4.43. The first kappa shape index (κ1) is 10.4. The van der Waals surface area contributed by atoms with E-state index in [1.54, 1.807) is 0 Å². The highest BCUT2D eigenvalue weighted by atomic mass is 16.4. The molecular weight excluding hydrogens is 196 g/mol. The Kier molecular flexibility index (Phi) is 2.65. The summed E-state index contributed by atoms with van der Waals surface area (Å²) in [6, 6.07) is 0.488. The molecule has 2 saturated heterocycles. The zero-order valence-corrected chi connectivity index (χ0v) is 8.56. The van der Waals surface area contributed by atoms with E-state index in [4.69, 9.17) is 10.8 Å². The normalized spacial score (nSPS) is 34.5. The highest BCUT2D eigenvalue weighted by molar-refractivity contribution is 5.74. The number of carboxylic acid groups (broad SMARTS) is 1. The van der Waals surface area contributed by atoms with Crippen LogP contribution in [0.3, 0.4) is 0 Å². The highest BCUT2D eigenvalue weighted by Gasteiger charge is 2.48. The summed E-state index contributed by atoms with van der Waals surface area (Å²) in [5.41, 5.74) is 5.09. The summed E-state index contributed by atoms with van der Waals surface area (Å²) in [7, 11) is 0. The van der Waals surface area contributed by atoms with Gasteiger partial charge in [0.15, 0.2) is 0 Å². The summed E-state index contributed by atoms with van der Waals surface area (Å²) in [5, 5.41) is 9.01. The summed E-state index contributed by atoms with van der Waals surface area (Å²) in [5.74, 6) is -1.25. The predicted octanol–water partition coefficient (Wildman–Crippen LogP) is -0.201. The standard InChI is InChI=1S/C10H16N2O3/c11-9(13)3-4-12-6-1-2-8(12)7(5-6)10(14)15/h6-8H,1-5H2,(H2,11,13)(H,14,15). The number of fused-ring (bicyclic) bond motifs is 2. The number of aliphatic carboxylic acids is 1. The minimum Gasteiger partial charge on any atom is -0.481 e. The van der Waals surface area contributed by atoms with Crippen LogP contribution < -0.4 is 5.73 Å². The zero-order valence-electron chi connectivity index (χ0n) is 8.56. The molecule has 2 aliphatic heterocycles. The largest absolute Gasteiger partial charge is 0.481 e. The van der Waals surface area contributed by atoms with E-state index in [9.17, 15) is 9.59 Å². The molecule has 84 valence electrons. The van der Waals surface area contributed by atoms with E-state index < -0.39 is 5.97 Å². The molecule has 2 rings (SSSR count). The van der Waals surface area contributed by atoms with Crippen molar-refractivity contribution in [3.8, 4) is 0 Å². The number of nitrogens with zero attached hydrogens (tertiary/aromatic N) is 1. The average Bonchev–Trinajstić information content (AvgIpc) is 2.70. The van der Waals surface area contributed by atoms with Crippen molar-refractivity contribution in [3.05, 3.63) is 0 Å². The first-order valence-corrected chi connectivity index (χ1v) is 5.36. The van der Waals surface area contributed by atoms with Gasteiger partial charge in [-0.2, -0.15) is 0 Å². The van der Waals surface area contributed by atoms with Gasteiger partial charge in [-0.15, -0.1) is 0 Å². The van der Waals surface area contributed by atoms with E-state index in [2.05, 4.69) is 4.90 Å². The molecule has 0 aromatic heterocycles. The number of carboxylic acids is 1. The van der Waals surface area contributed by atoms with Crippen LogP contribution in [-0.2, 0) is 9.59 Å². The smallest absolute Gasteiger partial charge is 0.308 e. The lowest BCUT2D eigenvalue weighted by atomic mass is 9.89. The molecule has 15 heavy (non-hydrogen) atoms. The third-order valence-electron chi connectivity index (χ3n) is 3.61. The molecular formula is C10H16N2O3. The number of rotatable bonds is 4. The zero-order chi connectivity index (χ0) is 11.0. The number of hydrogen-bond donors (Lipinski definition) is 2. The van der Waals surface area contributed by atoms with Gasteiger partial charge in [-0.3, -0.25) is 14.5 Å². The molecule has 0 aromatic rings. The highest BCUT2D eigenvalue weighted by Crippen LogP contribution is 2.41. The minimum absolute atomic E-state index is 0.131. The Labute approximate surface area is 88.2 Å². The number of hydrogen-bond acceptors (Lipinski definition) is 3. The summed E-state index contributed by atoms with van der Waals surface area (Å²) in [4.78, 5) is 23.8. The van der Waals surface area contributed by atoms with Gasteiger partial charge in [0.1, 0.15) is 0 Å². The summed E-state index contributed by atoms with van der Waals surface area (Å²) >= 11 is 0. The second-order valence-corrected chi connectivity index (χ2v) is 4.43. The lowest BCUT2D eigenvalue weighted by molar-refractivity contribution is -0.142. The van der Waals surface area contributed by atoms with Crippen LogP contribution in [0.25, 0.3) is 0 Å². The molecule has 0 spiro atoms. The number of carbonyl (C=O) groups excluding carboxylic acids is 1. The maximum Gasteiger partial charge on any atom is 0.308 e. The molecule has 5 heteroatoms. The molecule has 2 aliphatic rings. The van der Waals surface area contributed by atoms with Crippen LogP contribution in [0.1, 0.15) is 25.7 Å². The summed E-state index contributed by atoms with van der Waals surface area (Å²) < 4.78 is 0. The lowest BCUT2D eigenvalue weighted by Crippen LogP contribution is -2.35. The molecule has 0 aromatic carbocycles. The minimum atomic E-state index is -0.703. The van der Waals surface area contributed by atoms with Gasteiger partial charge in [0, 0.05) is 25.0 Å². The number of primary amides is 1. The molecule has 0 saturated carbocycles. The van der Waals surface area contributed by atoms with Crippen molar-refractivity contribution >= 4 is 11.9 Å². The fraction of sp³-hybridized carbons (Fsp3) is 0.800. The first-order valence-electron chi connectivity index (χ1n) is 5.36. The van der Waals surface area contributed by atoms with Gasteiger partial charge in [-0.1, -0.05) is 0 Å². The van der Waals surface area contributed by atoms with E-state index in [1.165, 1.54) is 0 Å². The van der Waals surface area contributed by atoms with Crippen molar-refractivity contribution in [3.63, 3.8) is 0 Å². The Morgan fingerprint density at radius 2 is 2.13 bits per heavy atom. The van der Waals surface area contributed by atoms with Crippen LogP contribution in [0.2, 0.25) is 0 Å². The van der Waals surface area contributed by atoms with Crippen molar-refractivity contribution in [1.82, 2.24) is 4.90 Å². The molecule has 3 N–H and O–H groups in total. The Hall–Kier alpha value is -1.10. The van der Waals surface area contributed by atoms with E-state index in [0.29, 0.717) is 19.0 Å². The fourth-order valence-electron chi connectivity index (χ4n) is 2.95. The SMILES string of the molecule is NC(=O)CCN1C2CCC1C(C(=O)O)C2. The molecule has 2 fully saturated rings. The van der Waals surface area contributed by atoms with Gasteiger partial charge in [0.2, 0.25) is 5.91 Å². The lowest BCUT2D eigenvalue weighted by Gasteiger charge is -2.21. The van der Waals surface area contributed by atoms with E-state index in [1.807, 2.05) is 0 Å². The fourth-order valence-corrected chi connectivity index (χ4v) is 2.95. The van der Waals surface area contributed by atoms with Gasteiger partial charge >= 0.3 is 5.97 Å². The van der Waals surface area contributed by atoms with Crippen LogP contribution in [0.5, 0.6) is 0 Å². The van der Waals surface area contributed by atoms with Gasteiger partial charge in [-0.05, 0) is 19.3 Å². The second kappa shape index (κ2) is 3.81. The molecule has 0 aliphatic carbocycles. The van der Waals surface area contributed by atoms with Gasteiger partial charge < -0.3 is 10.8 Å². The van der Waals surface area contributed by atoms with Crippen molar-refractivity contribution in [2.75, 3.05) is 6.54 Å². The predicted molar refractivity (Wildman–Crippen MR) is 53.1 cm³/mol. The van der Waals surface area contributed by atoms with Crippen molar-refractivity contribution in [2.24, 2.45) is 11.7 Å². The number of amides is 1. The van der Waals surface area contributed by atoms with E-state index in [0.717, 1.165) is 19.3 Å². The third kappa shape index (κ3) is 1.84. The van der Waals surface area contributed by atoms with Gasteiger partial charge in [0.25, 0.3) is 0 Å². The maximum atomic E-state index is 11.0. The summed E-state index contributed by atoms with van der Waals surface area (Å²) in [6.45, 7) is 0.619. The maximum absolute atomic E-state index is 11.0. The topological polar surface area (TPSA) is 83.6 Å². The molecule has 3 unspecified atom stereocenters. The van der Waals surface area contributed by atoms with Crippen LogP contribution in [0.4, 0.5) is 0 Å². The summed E-state index contributed by atoms with van der Waals surface area (Å²) in [6.07, 6.45) is 3.08.